The third-order valence-electron chi connectivity index (χ3n) is 2.94. The van der Waals surface area contributed by atoms with Crippen molar-refractivity contribution in [3.8, 4) is 0 Å². The Hall–Kier alpha value is -0.540. The fourth-order valence-corrected chi connectivity index (χ4v) is 2.27. The average Bonchev–Trinajstić information content (AvgIpc) is 2.17. The highest BCUT2D eigenvalue weighted by Gasteiger charge is 2.33. The molecule has 74 valence electrons. The van der Waals surface area contributed by atoms with Gasteiger partial charge < -0.3 is 15.0 Å². The van der Waals surface area contributed by atoms with Crippen LogP contribution in [0.3, 0.4) is 0 Å². The molecule has 2 heterocycles. The molecule has 0 spiro atoms. The number of nitrogens with one attached hydrogen (secondary N) is 1. The number of morpholine rings is 1. The van der Waals surface area contributed by atoms with E-state index in [2.05, 4.69) is 23.7 Å². The van der Waals surface area contributed by atoms with Gasteiger partial charge in [0.05, 0.1) is 18.8 Å². The fraction of sp³-hybridized carbons (Fsp3) is 0.800. The maximum Gasteiger partial charge on any atom is 0.0803 e. The summed E-state index contributed by atoms with van der Waals surface area (Å²) in [6.45, 7) is 10.1. The second-order valence-corrected chi connectivity index (χ2v) is 3.90. The average molecular weight is 182 g/mol. The molecule has 3 heteroatoms. The first kappa shape index (κ1) is 9.03. The van der Waals surface area contributed by atoms with E-state index < -0.39 is 0 Å². The van der Waals surface area contributed by atoms with Gasteiger partial charge in [-0.05, 0) is 19.9 Å². The van der Waals surface area contributed by atoms with E-state index in [0.29, 0.717) is 12.1 Å². The molecule has 2 aliphatic heterocycles. The zero-order chi connectivity index (χ0) is 9.26. The quantitative estimate of drug-likeness (QED) is 0.642. The number of hydrogen-bond acceptors (Lipinski definition) is 3. The number of fused-ring (bicyclic) bond motifs is 1. The molecule has 2 saturated heterocycles. The summed E-state index contributed by atoms with van der Waals surface area (Å²) in [5.41, 5.74) is 1.17. The lowest BCUT2D eigenvalue weighted by atomic mass is 10.00. The predicted octanol–water partition coefficient (Wildman–Crippen LogP) is 0.583. The Morgan fingerprint density at radius 3 is 3.23 bits per heavy atom. The first-order chi connectivity index (χ1) is 6.29. The molecule has 0 radical (unpaired) electrons. The summed E-state index contributed by atoms with van der Waals surface area (Å²) in [7, 11) is 0. The Kier molecular flexibility index (Phi) is 2.56. The van der Waals surface area contributed by atoms with Gasteiger partial charge in [-0.15, -0.1) is 0 Å². The van der Waals surface area contributed by atoms with Crippen molar-refractivity contribution in [3.63, 3.8) is 0 Å². The number of nitrogens with zero attached hydrogens (tertiary/aromatic N) is 1. The van der Waals surface area contributed by atoms with Gasteiger partial charge in [0.2, 0.25) is 0 Å². The molecule has 1 N–H and O–H groups in total. The van der Waals surface area contributed by atoms with Crippen molar-refractivity contribution in [1.82, 2.24) is 10.2 Å². The van der Waals surface area contributed by atoms with Crippen LogP contribution in [-0.2, 0) is 4.74 Å². The summed E-state index contributed by atoms with van der Waals surface area (Å²) in [4.78, 5) is 2.38. The van der Waals surface area contributed by atoms with Crippen LogP contribution in [0, 0.1) is 0 Å². The normalized spacial score (nSPS) is 34.1. The van der Waals surface area contributed by atoms with Crippen molar-refractivity contribution in [2.75, 3.05) is 26.2 Å². The smallest absolute Gasteiger partial charge is 0.0803 e. The Balaban J connectivity index is 2.06. The van der Waals surface area contributed by atoms with Crippen LogP contribution >= 0.6 is 0 Å². The van der Waals surface area contributed by atoms with Crippen molar-refractivity contribution < 1.29 is 4.74 Å². The van der Waals surface area contributed by atoms with Gasteiger partial charge in [0, 0.05) is 18.8 Å². The van der Waals surface area contributed by atoms with E-state index in [1.165, 1.54) is 5.70 Å². The van der Waals surface area contributed by atoms with E-state index in [9.17, 15) is 0 Å². The molecule has 0 aromatic carbocycles. The van der Waals surface area contributed by atoms with Crippen molar-refractivity contribution in [2.45, 2.75) is 25.5 Å². The molecule has 0 saturated carbocycles. The van der Waals surface area contributed by atoms with Crippen LogP contribution < -0.4 is 5.32 Å². The molecule has 2 rings (SSSR count). The Labute approximate surface area is 79.7 Å². The highest BCUT2D eigenvalue weighted by molar-refractivity contribution is 4.99. The van der Waals surface area contributed by atoms with Crippen LogP contribution in [0.1, 0.15) is 13.3 Å². The molecule has 2 aliphatic rings. The van der Waals surface area contributed by atoms with Crippen LogP contribution in [-0.4, -0.2) is 43.3 Å². The topological polar surface area (TPSA) is 24.5 Å². The highest BCUT2D eigenvalue weighted by Crippen LogP contribution is 2.21. The lowest BCUT2D eigenvalue weighted by molar-refractivity contribution is -0.0697. The summed E-state index contributed by atoms with van der Waals surface area (Å²) in [6.07, 6.45) is 1.56. The minimum Gasteiger partial charge on any atom is -0.374 e. The van der Waals surface area contributed by atoms with Crippen LogP contribution in [0.2, 0.25) is 0 Å². The van der Waals surface area contributed by atoms with Crippen molar-refractivity contribution in [2.24, 2.45) is 0 Å². The van der Waals surface area contributed by atoms with E-state index in [1.807, 2.05) is 0 Å². The monoisotopic (exact) mass is 182 g/mol. The van der Waals surface area contributed by atoms with Crippen molar-refractivity contribution in [3.05, 3.63) is 12.3 Å². The van der Waals surface area contributed by atoms with Crippen LogP contribution in [0.25, 0.3) is 0 Å². The molecule has 0 amide bonds. The predicted molar refractivity (Wildman–Crippen MR) is 52.5 cm³/mol. The molecule has 2 fully saturated rings. The Morgan fingerprint density at radius 1 is 1.62 bits per heavy atom. The lowest BCUT2D eigenvalue weighted by Gasteiger charge is -2.45. The van der Waals surface area contributed by atoms with Gasteiger partial charge in [-0.1, -0.05) is 6.58 Å². The highest BCUT2D eigenvalue weighted by atomic mass is 16.5. The number of hydrogen-bond donors (Lipinski definition) is 1. The number of piperidine rings is 1. The van der Waals surface area contributed by atoms with Gasteiger partial charge in [-0.3, -0.25) is 0 Å². The van der Waals surface area contributed by atoms with Crippen LogP contribution in [0.15, 0.2) is 12.3 Å². The maximum absolute atomic E-state index is 5.74. The van der Waals surface area contributed by atoms with E-state index >= 15 is 0 Å². The Morgan fingerprint density at radius 2 is 2.46 bits per heavy atom. The molecule has 2 unspecified atom stereocenters. The van der Waals surface area contributed by atoms with Gasteiger partial charge in [-0.25, -0.2) is 0 Å². The Bertz CT molecular complexity index is 203. The first-order valence-electron chi connectivity index (χ1n) is 5.03. The van der Waals surface area contributed by atoms with Gasteiger partial charge in [0.15, 0.2) is 0 Å². The summed E-state index contributed by atoms with van der Waals surface area (Å²) in [6, 6.07) is 0.514. The lowest BCUT2D eigenvalue weighted by Crippen LogP contribution is -2.58. The third-order valence-corrected chi connectivity index (χ3v) is 2.94. The SMILES string of the molecule is C=C(C)N1CCOC2CCNCC21. The molecule has 0 aliphatic carbocycles. The first-order valence-corrected chi connectivity index (χ1v) is 5.03. The molecular formula is C10H18N2O. The fourth-order valence-electron chi connectivity index (χ4n) is 2.27. The molecule has 13 heavy (non-hydrogen) atoms. The third kappa shape index (κ3) is 1.71. The number of ether oxygens (including phenoxy) is 1. The standard InChI is InChI=1S/C10H18N2O/c1-8(2)12-5-6-13-10-3-4-11-7-9(10)12/h9-11H,1,3-7H2,2H3. The second-order valence-electron chi connectivity index (χ2n) is 3.90. The summed E-state index contributed by atoms with van der Waals surface area (Å²) >= 11 is 0. The molecule has 0 bridgehead atoms. The molecule has 3 nitrogen and oxygen atoms in total. The molecular weight excluding hydrogens is 164 g/mol. The minimum atomic E-state index is 0.423. The van der Waals surface area contributed by atoms with E-state index in [0.717, 1.165) is 32.7 Å². The van der Waals surface area contributed by atoms with Crippen LogP contribution in [0.5, 0.6) is 0 Å². The molecule has 2 atom stereocenters. The summed E-state index contributed by atoms with van der Waals surface area (Å²) in [5, 5.41) is 3.41. The molecule has 0 aromatic heterocycles. The zero-order valence-electron chi connectivity index (χ0n) is 8.25. The van der Waals surface area contributed by atoms with E-state index in [-0.39, 0.29) is 0 Å². The van der Waals surface area contributed by atoms with Gasteiger partial charge in [0.1, 0.15) is 0 Å². The largest absolute Gasteiger partial charge is 0.374 e. The minimum absolute atomic E-state index is 0.423. The van der Waals surface area contributed by atoms with Crippen LogP contribution in [0.4, 0.5) is 0 Å². The maximum atomic E-state index is 5.74. The zero-order valence-corrected chi connectivity index (χ0v) is 8.25. The van der Waals surface area contributed by atoms with Crippen molar-refractivity contribution in [1.29, 1.82) is 0 Å². The van der Waals surface area contributed by atoms with Crippen molar-refractivity contribution >= 4 is 0 Å². The van der Waals surface area contributed by atoms with E-state index in [1.54, 1.807) is 0 Å². The number of rotatable bonds is 1. The number of allylic oxidation sites excluding steroid dienone is 1. The van der Waals surface area contributed by atoms with Gasteiger partial charge in [0.25, 0.3) is 0 Å². The summed E-state index contributed by atoms with van der Waals surface area (Å²) < 4.78 is 5.74. The second kappa shape index (κ2) is 3.68. The summed E-state index contributed by atoms with van der Waals surface area (Å²) in [5.74, 6) is 0. The molecule has 0 aromatic rings. The van der Waals surface area contributed by atoms with Gasteiger partial charge in [-0.2, -0.15) is 0 Å². The van der Waals surface area contributed by atoms with E-state index in [4.69, 9.17) is 4.74 Å². The van der Waals surface area contributed by atoms with Gasteiger partial charge >= 0.3 is 0 Å².